The lowest BCUT2D eigenvalue weighted by molar-refractivity contribution is -0.146. The minimum absolute atomic E-state index is 0.430. The summed E-state index contributed by atoms with van der Waals surface area (Å²) in [5, 5.41) is 9.72. The van der Waals surface area contributed by atoms with Gasteiger partial charge in [0.05, 0.1) is 18.1 Å². The molecule has 5 nitrogen and oxygen atoms in total. The van der Waals surface area contributed by atoms with Gasteiger partial charge in [-0.3, -0.25) is 4.79 Å². The summed E-state index contributed by atoms with van der Waals surface area (Å²) >= 11 is 0. The van der Waals surface area contributed by atoms with Crippen molar-refractivity contribution in [2.75, 3.05) is 6.61 Å². The molecule has 1 aliphatic rings. The Labute approximate surface area is 244 Å². The number of hydrogen-bond acceptors (Lipinski definition) is 4. The zero-order chi connectivity index (χ0) is 28.9. The van der Waals surface area contributed by atoms with E-state index in [1.807, 2.05) is 48.5 Å². The number of carbonyl (C=O) groups is 2. The third-order valence-electron chi connectivity index (χ3n) is 8.08. The molecule has 1 N–H and O–H groups in total. The number of carboxylic acids is 1. The van der Waals surface area contributed by atoms with Crippen LogP contribution in [0.25, 0.3) is 0 Å². The lowest BCUT2D eigenvalue weighted by Gasteiger charge is -2.30. The van der Waals surface area contributed by atoms with Crippen LogP contribution < -0.4 is 4.74 Å². The second-order valence-electron chi connectivity index (χ2n) is 11.2. The Kier molecular flexibility index (Phi) is 11.8. The summed E-state index contributed by atoms with van der Waals surface area (Å²) in [6.07, 6.45) is 12.4. The average Bonchev–Trinajstić information content (AvgIpc) is 3.00. The van der Waals surface area contributed by atoms with E-state index in [4.69, 9.17) is 9.47 Å². The Hall–Kier alpha value is -3.60. The highest BCUT2D eigenvalue weighted by Gasteiger charge is 2.37. The first-order valence-corrected chi connectivity index (χ1v) is 15.4. The second-order valence-corrected chi connectivity index (χ2v) is 11.2. The number of esters is 1. The monoisotopic (exact) mass is 556 g/mol. The molecule has 41 heavy (non-hydrogen) atoms. The SMILES string of the molecule is CCCCCCCCCCOc1ccc(CCc2ccc(C(=O)OC3c4ccccc4CCC3C(=O)O)cc2)cc1. The summed E-state index contributed by atoms with van der Waals surface area (Å²) in [7, 11) is 0. The van der Waals surface area contributed by atoms with Gasteiger partial charge in [-0.1, -0.05) is 100 Å². The molecule has 0 heterocycles. The van der Waals surface area contributed by atoms with Crippen molar-refractivity contribution in [1.29, 1.82) is 0 Å². The molecule has 0 amide bonds. The lowest BCUT2D eigenvalue weighted by atomic mass is 9.81. The summed E-state index contributed by atoms with van der Waals surface area (Å²) in [6.45, 7) is 3.02. The molecule has 0 aliphatic heterocycles. The average molecular weight is 557 g/mol. The standard InChI is InChI=1S/C36H44O5/c1-2-3-4-5-6-7-8-11-26-40-31-23-18-28(19-24-31)15-14-27-16-20-30(21-17-27)36(39)41-34-32-13-10-9-12-29(32)22-25-33(34)35(37)38/h9-10,12-13,16-21,23-24,33-34H,2-8,11,14-15,22,25-26H2,1H3,(H,37,38). The molecule has 2 unspecified atom stereocenters. The van der Waals surface area contributed by atoms with Crippen molar-refractivity contribution < 1.29 is 24.2 Å². The number of hydrogen-bond donors (Lipinski definition) is 1. The van der Waals surface area contributed by atoms with E-state index in [1.54, 1.807) is 12.1 Å². The number of unbranched alkanes of at least 4 members (excludes halogenated alkanes) is 7. The van der Waals surface area contributed by atoms with Gasteiger partial charge in [0, 0.05) is 0 Å². The van der Waals surface area contributed by atoms with E-state index in [1.165, 1.54) is 50.5 Å². The number of aryl methyl sites for hydroxylation is 3. The molecule has 3 aromatic carbocycles. The summed E-state index contributed by atoms with van der Waals surface area (Å²) in [4.78, 5) is 24.8. The number of benzene rings is 3. The maximum atomic E-state index is 13.0. The van der Waals surface area contributed by atoms with Gasteiger partial charge in [-0.2, -0.15) is 0 Å². The van der Waals surface area contributed by atoms with Crippen molar-refractivity contribution in [3.8, 4) is 5.75 Å². The smallest absolute Gasteiger partial charge is 0.338 e. The minimum Gasteiger partial charge on any atom is -0.494 e. The van der Waals surface area contributed by atoms with Gasteiger partial charge in [0.2, 0.25) is 0 Å². The lowest BCUT2D eigenvalue weighted by Crippen LogP contribution is -2.30. The molecular formula is C36H44O5. The Morgan fingerprint density at radius 2 is 1.39 bits per heavy atom. The number of fused-ring (bicyclic) bond motifs is 1. The molecule has 0 saturated carbocycles. The van der Waals surface area contributed by atoms with Crippen LogP contribution in [0.15, 0.2) is 72.8 Å². The molecule has 2 atom stereocenters. The first kappa shape index (κ1) is 30.4. The Balaban J connectivity index is 1.20. The summed E-state index contributed by atoms with van der Waals surface area (Å²) in [6, 6.07) is 23.4. The summed E-state index contributed by atoms with van der Waals surface area (Å²) in [5.41, 5.74) is 4.63. The van der Waals surface area contributed by atoms with Crippen molar-refractivity contribution in [2.24, 2.45) is 5.92 Å². The molecule has 0 fully saturated rings. The first-order valence-electron chi connectivity index (χ1n) is 15.4. The van der Waals surface area contributed by atoms with Crippen LogP contribution in [0, 0.1) is 5.92 Å². The van der Waals surface area contributed by atoms with E-state index in [-0.39, 0.29) is 0 Å². The number of rotatable bonds is 16. The van der Waals surface area contributed by atoms with Crippen LogP contribution in [0.1, 0.15) is 103 Å². The fraction of sp³-hybridized carbons (Fsp3) is 0.444. The zero-order valence-corrected chi connectivity index (χ0v) is 24.4. The van der Waals surface area contributed by atoms with E-state index in [0.29, 0.717) is 18.4 Å². The highest BCUT2D eigenvalue weighted by Crippen LogP contribution is 2.38. The molecule has 0 aromatic heterocycles. The Bertz CT molecular complexity index is 1230. The second kappa shape index (κ2) is 16.0. The van der Waals surface area contributed by atoms with Crippen molar-refractivity contribution in [3.05, 3.63) is 101 Å². The number of aliphatic carboxylic acids is 1. The molecule has 5 heteroatoms. The Morgan fingerprint density at radius 3 is 2.05 bits per heavy atom. The fourth-order valence-electron chi connectivity index (χ4n) is 5.57. The fourth-order valence-corrected chi connectivity index (χ4v) is 5.57. The van der Waals surface area contributed by atoms with Crippen LogP contribution in [-0.2, 0) is 28.8 Å². The topological polar surface area (TPSA) is 72.8 Å². The zero-order valence-electron chi connectivity index (χ0n) is 24.4. The third-order valence-corrected chi connectivity index (χ3v) is 8.08. The van der Waals surface area contributed by atoms with Gasteiger partial charge in [0.25, 0.3) is 0 Å². The number of ether oxygens (including phenoxy) is 2. The van der Waals surface area contributed by atoms with Crippen LogP contribution in [0.4, 0.5) is 0 Å². The van der Waals surface area contributed by atoms with Crippen molar-refractivity contribution in [3.63, 3.8) is 0 Å². The third kappa shape index (κ3) is 9.21. The first-order chi connectivity index (χ1) is 20.0. The van der Waals surface area contributed by atoms with E-state index in [2.05, 4.69) is 19.1 Å². The van der Waals surface area contributed by atoms with Gasteiger partial charge < -0.3 is 14.6 Å². The summed E-state index contributed by atoms with van der Waals surface area (Å²) < 4.78 is 11.7. The van der Waals surface area contributed by atoms with Crippen molar-refractivity contribution >= 4 is 11.9 Å². The predicted molar refractivity (Wildman–Crippen MR) is 162 cm³/mol. The molecule has 4 rings (SSSR count). The largest absolute Gasteiger partial charge is 0.494 e. The van der Waals surface area contributed by atoms with Gasteiger partial charge in [-0.25, -0.2) is 4.79 Å². The maximum Gasteiger partial charge on any atom is 0.338 e. The molecule has 0 bridgehead atoms. The van der Waals surface area contributed by atoms with Crippen LogP contribution >= 0.6 is 0 Å². The molecule has 218 valence electrons. The highest BCUT2D eigenvalue weighted by molar-refractivity contribution is 5.90. The van der Waals surface area contributed by atoms with Gasteiger partial charge in [-0.05, 0) is 78.6 Å². The number of carboxylic acid groups (broad SMARTS) is 1. The van der Waals surface area contributed by atoms with Crippen molar-refractivity contribution in [2.45, 2.75) is 90.1 Å². The minimum atomic E-state index is -0.934. The van der Waals surface area contributed by atoms with E-state index < -0.39 is 24.0 Å². The van der Waals surface area contributed by atoms with Crippen LogP contribution in [0.5, 0.6) is 5.75 Å². The normalized spacial score (nSPS) is 16.1. The highest BCUT2D eigenvalue weighted by atomic mass is 16.5. The molecule has 3 aromatic rings. The van der Waals surface area contributed by atoms with Crippen LogP contribution in [-0.4, -0.2) is 23.7 Å². The molecule has 0 spiro atoms. The summed E-state index contributed by atoms with van der Waals surface area (Å²) in [5.74, 6) is -1.25. The molecule has 0 radical (unpaired) electrons. The van der Waals surface area contributed by atoms with E-state index in [9.17, 15) is 14.7 Å². The van der Waals surface area contributed by atoms with Crippen LogP contribution in [0.3, 0.4) is 0 Å². The molecule has 1 aliphatic carbocycles. The van der Waals surface area contributed by atoms with Crippen LogP contribution in [0.2, 0.25) is 0 Å². The van der Waals surface area contributed by atoms with E-state index in [0.717, 1.165) is 48.3 Å². The molecular weight excluding hydrogens is 512 g/mol. The number of carbonyl (C=O) groups excluding carboxylic acids is 1. The van der Waals surface area contributed by atoms with Gasteiger partial charge in [0.15, 0.2) is 0 Å². The predicted octanol–water partition coefficient (Wildman–Crippen LogP) is 8.54. The van der Waals surface area contributed by atoms with Gasteiger partial charge in [0.1, 0.15) is 11.9 Å². The van der Waals surface area contributed by atoms with E-state index >= 15 is 0 Å². The Morgan fingerprint density at radius 1 is 0.780 bits per heavy atom. The van der Waals surface area contributed by atoms with Crippen molar-refractivity contribution in [1.82, 2.24) is 0 Å². The van der Waals surface area contributed by atoms with Gasteiger partial charge in [-0.15, -0.1) is 0 Å². The quantitative estimate of drug-likeness (QED) is 0.141. The maximum absolute atomic E-state index is 13.0. The molecule has 0 saturated heterocycles. The van der Waals surface area contributed by atoms with Gasteiger partial charge >= 0.3 is 11.9 Å².